The van der Waals surface area contributed by atoms with Gasteiger partial charge in [0.15, 0.2) is 0 Å². The van der Waals surface area contributed by atoms with Gasteiger partial charge >= 0.3 is 0 Å². The molecular weight excluding hydrogens is 411 g/mol. The predicted molar refractivity (Wildman–Crippen MR) is 109 cm³/mol. The van der Waals surface area contributed by atoms with Crippen molar-refractivity contribution in [2.45, 2.75) is 45.7 Å². The van der Waals surface area contributed by atoms with E-state index in [2.05, 4.69) is 96.8 Å². The Labute approximate surface area is 156 Å². The number of benzene rings is 1. The molecule has 0 saturated carbocycles. The third-order valence-corrected chi connectivity index (χ3v) is 8.03. The van der Waals surface area contributed by atoms with Gasteiger partial charge in [0.2, 0.25) is 0 Å². The third-order valence-electron chi connectivity index (χ3n) is 5.78. The van der Waals surface area contributed by atoms with Crippen LogP contribution in [0.1, 0.15) is 42.9 Å². The van der Waals surface area contributed by atoms with Crippen molar-refractivity contribution in [1.29, 1.82) is 0 Å². The van der Waals surface area contributed by atoms with Crippen molar-refractivity contribution >= 4 is 39.9 Å². The first kappa shape index (κ1) is 14.6. The van der Waals surface area contributed by atoms with E-state index in [-0.39, 0.29) is 5.41 Å². The maximum Gasteiger partial charge on any atom is 0.0381 e. The largest absolute Gasteiger partial charge is 0.117 e. The van der Waals surface area contributed by atoms with E-state index < -0.39 is 0 Å². The summed E-state index contributed by atoms with van der Waals surface area (Å²) >= 11 is 4.64. The number of hydrogen-bond donors (Lipinski definition) is 0. The second-order valence-electron chi connectivity index (χ2n) is 7.38. The monoisotopic (exact) mass is 430 g/mol. The van der Waals surface area contributed by atoms with E-state index in [0.29, 0.717) is 15.1 Å². The van der Waals surface area contributed by atoms with Crippen molar-refractivity contribution in [3.8, 4) is 0 Å². The second kappa shape index (κ2) is 4.89. The number of alkyl halides is 1. The molecule has 23 heavy (non-hydrogen) atoms. The van der Waals surface area contributed by atoms with Crippen LogP contribution in [-0.4, -0.2) is 9.17 Å². The van der Waals surface area contributed by atoms with Crippen LogP contribution in [0.5, 0.6) is 0 Å². The molecule has 0 aromatic heterocycles. The Morgan fingerprint density at radius 1 is 1.13 bits per heavy atom. The minimum absolute atomic E-state index is 0.174. The molecule has 0 amide bonds. The maximum absolute atomic E-state index is 2.57. The van der Waals surface area contributed by atoms with Crippen LogP contribution in [0.15, 0.2) is 59.1 Å². The highest BCUT2D eigenvalue weighted by atomic mass is 127. The van der Waals surface area contributed by atoms with E-state index in [9.17, 15) is 0 Å². The molecule has 0 radical (unpaired) electrons. The predicted octanol–water partition coefficient (Wildman–Crippen LogP) is 6.18. The summed E-state index contributed by atoms with van der Waals surface area (Å²) in [5.74, 6) is 0.558. The fraction of sp³-hybridized carbons (Fsp3) is 0.333. The minimum Gasteiger partial charge on any atom is -0.117 e. The Morgan fingerprint density at radius 3 is 2.83 bits per heavy atom. The smallest absolute Gasteiger partial charge is 0.0381 e. The maximum atomic E-state index is 2.57. The standard InChI is InChI=1S/C21H19IS/c1-21(2)16-10-9-14-13-5-3-4-6-18(13)23-20(14)19(16)15-8-7-12(22)11-17(15)21/h3-10,12-13,18H,11H2,1-2H3. The van der Waals surface area contributed by atoms with Crippen LogP contribution in [0.25, 0.3) is 5.57 Å². The summed E-state index contributed by atoms with van der Waals surface area (Å²) in [4.78, 5) is 1.54. The molecular formula is C21H19IS. The molecule has 5 rings (SSSR count). The molecule has 1 aromatic carbocycles. The van der Waals surface area contributed by atoms with Crippen LogP contribution in [0.4, 0.5) is 0 Å². The summed E-state index contributed by atoms with van der Waals surface area (Å²) in [5, 5.41) is 0.583. The van der Waals surface area contributed by atoms with Crippen LogP contribution in [0, 0.1) is 0 Å². The summed E-state index contributed by atoms with van der Waals surface area (Å²) < 4.78 is 0.633. The fourth-order valence-electron chi connectivity index (χ4n) is 4.56. The average Bonchev–Trinajstić information content (AvgIpc) is 3.02. The summed E-state index contributed by atoms with van der Waals surface area (Å²) in [7, 11) is 0. The van der Waals surface area contributed by atoms with Crippen molar-refractivity contribution in [3.05, 3.63) is 70.9 Å². The lowest BCUT2D eigenvalue weighted by molar-refractivity contribution is 0.610. The number of fused-ring (bicyclic) bond motifs is 6. The molecule has 0 N–H and O–H groups in total. The van der Waals surface area contributed by atoms with E-state index in [1.807, 2.05) is 0 Å². The van der Waals surface area contributed by atoms with E-state index in [1.54, 1.807) is 16.0 Å². The molecule has 3 aliphatic carbocycles. The van der Waals surface area contributed by atoms with Crippen LogP contribution in [-0.2, 0) is 5.41 Å². The Balaban J connectivity index is 1.75. The van der Waals surface area contributed by atoms with Gasteiger partial charge < -0.3 is 0 Å². The van der Waals surface area contributed by atoms with E-state index >= 15 is 0 Å². The Hall–Kier alpha value is -0.740. The fourth-order valence-corrected chi connectivity index (χ4v) is 6.71. The number of halogens is 1. The van der Waals surface area contributed by atoms with Crippen molar-refractivity contribution in [2.24, 2.45) is 0 Å². The Bertz CT molecular complexity index is 838. The van der Waals surface area contributed by atoms with Gasteiger partial charge in [0.25, 0.3) is 0 Å². The van der Waals surface area contributed by atoms with Gasteiger partial charge in [-0.2, -0.15) is 0 Å². The molecule has 0 spiro atoms. The van der Waals surface area contributed by atoms with Gasteiger partial charge in [-0.25, -0.2) is 0 Å². The van der Waals surface area contributed by atoms with Gasteiger partial charge in [0.05, 0.1) is 0 Å². The summed E-state index contributed by atoms with van der Waals surface area (Å²) in [6.45, 7) is 4.82. The highest BCUT2D eigenvalue weighted by molar-refractivity contribution is 14.1. The molecule has 1 heterocycles. The van der Waals surface area contributed by atoms with E-state index in [1.165, 1.54) is 23.1 Å². The highest BCUT2D eigenvalue weighted by Crippen LogP contribution is 2.58. The zero-order chi connectivity index (χ0) is 15.8. The van der Waals surface area contributed by atoms with Gasteiger partial charge in [-0.1, -0.05) is 90.6 Å². The number of rotatable bonds is 0. The topological polar surface area (TPSA) is 0 Å². The zero-order valence-electron chi connectivity index (χ0n) is 13.3. The number of hydrogen-bond acceptors (Lipinski definition) is 1. The second-order valence-corrected chi connectivity index (χ2v) is 10.2. The van der Waals surface area contributed by atoms with Crippen molar-refractivity contribution in [1.82, 2.24) is 0 Å². The molecule has 116 valence electrons. The summed E-state index contributed by atoms with van der Waals surface area (Å²) in [6, 6.07) is 4.82. The lowest BCUT2D eigenvalue weighted by Gasteiger charge is -2.27. The Morgan fingerprint density at radius 2 is 1.96 bits per heavy atom. The van der Waals surface area contributed by atoms with Crippen LogP contribution >= 0.6 is 34.4 Å². The number of thioether (sulfide) groups is 1. The number of allylic oxidation sites excluding steroid dienone is 7. The molecule has 0 nitrogen and oxygen atoms in total. The minimum atomic E-state index is 0.174. The molecule has 1 aliphatic heterocycles. The lowest BCUT2D eigenvalue weighted by Crippen LogP contribution is -2.20. The van der Waals surface area contributed by atoms with Gasteiger partial charge in [-0.15, -0.1) is 11.8 Å². The first-order chi connectivity index (χ1) is 11.1. The summed E-state index contributed by atoms with van der Waals surface area (Å²) in [5.41, 5.74) is 7.96. The van der Waals surface area contributed by atoms with Crippen molar-refractivity contribution in [2.75, 3.05) is 0 Å². The van der Waals surface area contributed by atoms with Gasteiger partial charge in [-0.3, -0.25) is 0 Å². The van der Waals surface area contributed by atoms with Gasteiger partial charge in [0.1, 0.15) is 0 Å². The highest BCUT2D eigenvalue weighted by Gasteiger charge is 2.43. The van der Waals surface area contributed by atoms with Crippen molar-refractivity contribution < 1.29 is 0 Å². The molecule has 4 aliphatic rings. The normalized spacial score (nSPS) is 31.9. The summed E-state index contributed by atoms with van der Waals surface area (Å²) in [6.07, 6.45) is 15.1. The van der Waals surface area contributed by atoms with E-state index in [4.69, 9.17) is 0 Å². The first-order valence-corrected chi connectivity index (χ1v) is 10.4. The van der Waals surface area contributed by atoms with Gasteiger partial charge in [0, 0.05) is 25.4 Å². The first-order valence-electron chi connectivity index (χ1n) is 8.32. The quantitative estimate of drug-likeness (QED) is 0.350. The molecule has 0 fully saturated rings. The lowest BCUT2D eigenvalue weighted by atomic mass is 9.78. The van der Waals surface area contributed by atoms with Crippen LogP contribution in [0.2, 0.25) is 0 Å². The van der Waals surface area contributed by atoms with Gasteiger partial charge in [-0.05, 0) is 28.7 Å². The molecule has 0 saturated heterocycles. The molecule has 0 bridgehead atoms. The molecule has 1 aromatic rings. The molecule has 2 heteroatoms. The van der Waals surface area contributed by atoms with Crippen LogP contribution < -0.4 is 0 Å². The zero-order valence-corrected chi connectivity index (χ0v) is 16.3. The third kappa shape index (κ3) is 1.91. The average molecular weight is 430 g/mol. The van der Waals surface area contributed by atoms with Crippen LogP contribution in [0.3, 0.4) is 0 Å². The van der Waals surface area contributed by atoms with E-state index in [0.717, 1.165) is 0 Å². The Kier molecular flexibility index (Phi) is 3.10. The SMILES string of the molecule is CC1(C)C2=C(C=CC(I)C2)c2c1ccc1c2SC2C=CC=CC12. The van der Waals surface area contributed by atoms with Crippen molar-refractivity contribution in [3.63, 3.8) is 0 Å². The molecule has 3 atom stereocenters. The molecule has 3 unspecified atom stereocenters.